The smallest absolute Gasteiger partial charge is 0.251 e. The summed E-state index contributed by atoms with van der Waals surface area (Å²) >= 11 is 0. The number of nitrogens with one attached hydrogen (secondary N) is 3. The minimum atomic E-state index is -0.0729. The molecule has 1 aromatic carbocycles. The van der Waals surface area contributed by atoms with Crippen molar-refractivity contribution in [3.63, 3.8) is 0 Å². The molecule has 130 valence electrons. The van der Waals surface area contributed by atoms with Gasteiger partial charge in [-0.2, -0.15) is 0 Å². The van der Waals surface area contributed by atoms with Crippen LogP contribution in [0.1, 0.15) is 49.0 Å². The Morgan fingerprint density at radius 3 is 2.58 bits per heavy atom. The van der Waals surface area contributed by atoms with Crippen molar-refractivity contribution in [2.75, 3.05) is 18.4 Å². The summed E-state index contributed by atoms with van der Waals surface area (Å²) in [6.45, 7) is 7.81. The van der Waals surface area contributed by atoms with Crippen LogP contribution in [0.3, 0.4) is 0 Å². The van der Waals surface area contributed by atoms with Crippen molar-refractivity contribution >= 4 is 17.5 Å². The molecule has 1 saturated heterocycles. The molecule has 0 bridgehead atoms. The Bertz CT molecular complexity index is 648. The quantitative estimate of drug-likeness (QED) is 0.795. The van der Waals surface area contributed by atoms with Crippen LogP contribution < -0.4 is 16.0 Å². The zero-order valence-electron chi connectivity index (χ0n) is 14.7. The zero-order chi connectivity index (χ0) is 17.3. The van der Waals surface area contributed by atoms with Crippen molar-refractivity contribution in [2.24, 2.45) is 11.3 Å². The molecule has 1 unspecified atom stereocenters. The number of rotatable bonds is 4. The molecule has 3 N–H and O–H groups in total. The first kappa shape index (κ1) is 17.0. The van der Waals surface area contributed by atoms with Crippen LogP contribution in [-0.2, 0) is 4.79 Å². The summed E-state index contributed by atoms with van der Waals surface area (Å²) in [5, 5.41) is 9.28. The molecule has 5 nitrogen and oxygen atoms in total. The van der Waals surface area contributed by atoms with Gasteiger partial charge in [0.2, 0.25) is 5.91 Å². The third-order valence-corrected chi connectivity index (χ3v) is 5.26. The van der Waals surface area contributed by atoms with E-state index in [9.17, 15) is 9.59 Å². The Labute approximate surface area is 143 Å². The molecule has 1 aliphatic carbocycles. The predicted molar refractivity (Wildman–Crippen MR) is 95.1 cm³/mol. The lowest BCUT2D eigenvalue weighted by atomic mass is 9.91. The monoisotopic (exact) mass is 329 g/mol. The number of amides is 2. The first-order valence-electron chi connectivity index (χ1n) is 8.84. The summed E-state index contributed by atoms with van der Waals surface area (Å²) in [4.78, 5) is 24.6. The average Bonchev–Trinajstić information content (AvgIpc) is 3.20. The van der Waals surface area contributed by atoms with Gasteiger partial charge in [-0.1, -0.05) is 0 Å². The largest absolute Gasteiger partial charge is 0.350 e. The normalized spacial score (nSPS) is 21.6. The van der Waals surface area contributed by atoms with Gasteiger partial charge in [-0.15, -0.1) is 0 Å². The van der Waals surface area contributed by atoms with Crippen molar-refractivity contribution in [3.05, 3.63) is 29.3 Å². The molecular weight excluding hydrogens is 302 g/mol. The number of anilines is 1. The minimum Gasteiger partial charge on any atom is -0.350 e. The van der Waals surface area contributed by atoms with Crippen LogP contribution >= 0.6 is 0 Å². The van der Waals surface area contributed by atoms with Crippen LogP contribution in [-0.4, -0.2) is 30.9 Å². The van der Waals surface area contributed by atoms with E-state index < -0.39 is 0 Å². The highest BCUT2D eigenvalue weighted by molar-refractivity contribution is 5.98. The van der Waals surface area contributed by atoms with Gasteiger partial charge in [0, 0.05) is 23.2 Å². The Morgan fingerprint density at radius 1 is 1.25 bits per heavy atom. The number of aryl methyl sites for hydroxylation is 1. The first-order valence-corrected chi connectivity index (χ1v) is 8.84. The Kier molecular flexibility index (Phi) is 4.63. The lowest BCUT2D eigenvalue weighted by molar-refractivity contribution is -0.118. The molecule has 1 spiro atoms. The maximum absolute atomic E-state index is 12.5. The first-order chi connectivity index (χ1) is 11.4. The maximum atomic E-state index is 12.5. The van der Waals surface area contributed by atoms with Gasteiger partial charge in [0.15, 0.2) is 0 Å². The fraction of sp³-hybridized carbons (Fsp3) is 0.579. The molecule has 1 atom stereocenters. The Balaban J connectivity index is 1.63. The number of carbonyl (C=O) groups is 2. The van der Waals surface area contributed by atoms with Gasteiger partial charge in [-0.25, -0.2) is 0 Å². The van der Waals surface area contributed by atoms with Gasteiger partial charge in [0.1, 0.15) is 0 Å². The molecule has 2 aliphatic rings. The highest BCUT2D eigenvalue weighted by Crippen LogP contribution is 2.58. The molecule has 1 aliphatic heterocycles. The van der Waals surface area contributed by atoms with Gasteiger partial charge in [-0.3, -0.25) is 9.59 Å². The number of carbonyl (C=O) groups excluding carboxylic acids is 2. The van der Waals surface area contributed by atoms with Gasteiger partial charge in [0.05, 0.1) is 0 Å². The molecule has 3 rings (SSSR count). The zero-order valence-corrected chi connectivity index (χ0v) is 14.7. The van der Waals surface area contributed by atoms with E-state index in [2.05, 4.69) is 16.0 Å². The average molecular weight is 329 g/mol. The molecule has 24 heavy (non-hydrogen) atoms. The van der Waals surface area contributed by atoms with E-state index >= 15 is 0 Å². The summed E-state index contributed by atoms with van der Waals surface area (Å²) in [5.74, 6) is 0.190. The van der Waals surface area contributed by atoms with Crippen LogP contribution in [0, 0.1) is 18.3 Å². The third-order valence-electron chi connectivity index (χ3n) is 5.26. The molecular formula is C19H27N3O2. The van der Waals surface area contributed by atoms with Crippen LogP contribution in [0.15, 0.2) is 18.2 Å². The van der Waals surface area contributed by atoms with Crippen LogP contribution in [0.25, 0.3) is 0 Å². The fourth-order valence-corrected chi connectivity index (χ4v) is 3.76. The molecule has 1 aromatic rings. The van der Waals surface area contributed by atoms with E-state index in [1.54, 1.807) is 6.07 Å². The summed E-state index contributed by atoms with van der Waals surface area (Å²) in [6.07, 6.45) is 3.20. The number of benzene rings is 1. The summed E-state index contributed by atoms with van der Waals surface area (Å²) in [6, 6.07) is 5.59. The van der Waals surface area contributed by atoms with Crippen LogP contribution in [0.2, 0.25) is 0 Å². The van der Waals surface area contributed by atoms with Crippen molar-refractivity contribution in [1.82, 2.24) is 10.6 Å². The molecule has 1 saturated carbocycles. The molecule has 2 fully saturated rings. The Hall–Kier alpha value is -1.88. The second kappa shape index (κ2) is 6.55. The van der Waals surface area contributed by atoms with Gasteiger partial charge in [-0.05, 0) is 82.3 Å². The standard InChI is InChI=1S/C19H27N3O2/c1-12(2)21-17(23)15-5-4-14(10-13(15)3)22-18(24)16-11-19(16)6-8-20-9-7-19/h4-5,10,12,16,20H,6-9,11H2,1-3H3,(H,21,23)(H,22,24). The highest BCUT2D eigenvalue weighted by Gasteiger charge is 2.57. The molecule has 0 radical (unpaired) electrons. The van der Waals surface area contributed by atoms with Crippen LogP contribution in [0.5, 0.6) is 0 Å². The van der Waals surface area contributed by atoms with Crippen molar-refractivity contribution in [3.8, 4) is 0 Å². The van der Waals surface area contributed by atoms with Gasteiger partial charge < -0.3 is 16.0 Å². The minimum absolute atomic E-state index is 0.0729. The van der Waals surface area contributed by atoms with Crippen LogP contribution in [0.4, 0.5) is 5.69 Å². The lowest BCUT2D eigenvalue weighted by Gasteiger charge is -2.23. The lowest BCUT2D eigenvalue weighted by Crippen LogP contribution is -2.31. The van der Waals surface area contributed by atoms with Crippen molar-refractivity contribution < 1.29 is 9.59 Å². The number of piperidine rings is 1. The van der Waals surface area contributed by atoms with E-state index in [0.29, 0.717) is 5.56 Å². The summed E-state index contributed by atoms with van der Waals surface area (Å²) in [5.41, 5.74) is 2.54. The second-order valence-corrected chi connectivity index (χ2v) is 7.52. The summed E-state index contributed by atoms with van der Waals surface area (Å²) < 4.78 is 0. The fourth-order valence-electron chi connectivity index (χ4n) is 3.76. The van der Waals surface area contributed by atoms with Gasteiger partial charge in [0.25, 0.3) is 5.91 Å². The highest BCUT2D eigenvalue weighted by atomic mass is 16.2. The number of hydrogen-bond donors (Lipinski definition) is 3. The predicted octanol–water partition coefficient (Wildman–Crippen LogP) is 2.46. The topological polar surface area (TPSA) is 70.2 Å². The number of hydrogen-bond acceptors (Lipinski definition) is 3. The molecule has 5 heteroatoms. The molecule has 1 heterocycles. The van der Waals surface area contributed by atoms with E-state index in [0.717, 1.165) is 43.6 Å². The third kappa shape index (κ3) is 3.46. The van der Waals surface area contributed by atoms with E-state index in [1.807, 2.05) is 32.9 Å². The SMILES string of the molecule is Cc1cc(NC(=O)C2CC23CCNCC3)ccc1C(=O)NC(C)C. The van der Waals surface area contributed by atoms with Crippen molar-refractivity contribution in [2.45, 2.75) is 46.1 Å². The van der Waals surface area contributed by atoms with Crippen molar-refractivity contribution in [1.29, 1.82) is 0 Å². The van der Waals surface area contributed by atoms with E-state index in [4.69, 9.17) is 0 Å². The van der Waals surface area contributed by atoms with Gasteiger partial charge >= 0.3 is 0 Å². The van der Waals surface area contributed by atoms with E-state index in [-0.39, 0.29) is 29.2 Å². The second-order valence-electron chi connectivity index (χ2n) is 7.52. The molecule has 0 aromatic heterocycles. The Morgan fingerprint density at radius 2 is 1.96 bits per heavy atom. The molecule has 2 amide bonds. The van der Waals surface area contributed by atoms with E-state index in [1.165, 1.54) is 0 Å². The summed E-state index contributed by atoms with van der Waals surface area (Å²) in [7, 11) is 0. The maximum Gasteiger partial charge on any atom is 0.251 e.